The van der Waals surface area contributed by atoms with Crippen LogP contribution in [-0.4, -0.2) is 63.7 Å². The van der Waals surface area contributed by atoms with Crippen molar-refractivity contribution in [3.63, 3.8) is 0 Å². The summed E-state index contributed by atoms with van der Waals surface area (Å²) in [4.78, 5) is 26.9. The molecule has 0 bridgehead atoms. The predicted octanol–water partition coefficient (Wildman–Crippen LogP) is 0.289. The molecule has 114 valence electrons. The van der Waals surface area contributed by atoms with Crippen molar-refractivity contribution in [3.05, 3.63) is 18.5 Å². The first-order chi connectivity index (χ1) is 10.2. The number of likely N-dealkylation sites (tertiary alicyclic amines) is 1. The van der Waals surface area contributed by atoms with Gasteiger partial charge in [0.05, 0.1) is 13.1 Å². The molecule has 0 aromatic carbocycles. The van der Waals surface area contributed by atoms with Crippen LogP contribution in [0.3, 0.4) is 0 Å². The highest BCUT2D eigenvalue weighted by molar-refractivity contribution is 6.01. The van der Waals surface area contributed by atoms with Gasteiger partial charge in [0, 0.05) is 31.5 Å². The van der Waals surface area contributed by atoms with Gasteiger partial charge in [0.1, 0.15) is 0 Å². The van der Waals surface area contributed by atoms with E-state index in [4.69, 9.17) is 0 Å². The summed E-state index contributed by atoms with van der Waals surface area (Å²) in [7, 11) is 0. The Labute approximate surface area is 123 Å². The lowest BCUT2D eigenvalue weighted by molar-refractivity contribution is -0.125. The molecule has 2 aliphatic heterocycles. The van der Waals surface area contributed by atoms with Crippen LogP contribution >= 0.6 is 0 Å². The van der Waals surface area contributed by atoms with Crippen LogP contribution in [0.5, 0.6) is 0 Å². The minimum atomic E-state index is -0.263. The van der Waals surface area contributed by atoms with Crippen molar-refractivity contribution in [2.24, 2.45) is 0 Å². The Morgan fingerprint density at radius 2 is 2.19 bits per heavy atom. The molecule has 7 nitrogen and oxygen atoms in total. The van der Waals surface area contributed by atoms with Gasteiger partial charge in [0.2, 0.25) is 5.91 Å². The molecule has 1 atom stereocenters. The second-order valence-electron chi connectivity index (χ2n) is 5.62. The average Bonchev–Trinajstić information content (AvgIpc) is 3.10. The number of rotatable bonds is 5. The van der Waals surface area contributed by atoms with E-state index in [1.165, 1.54) is 17.7 Å². The Morgan fingerprint density at radius 3 is 2.90 bits per heavy atom. The third-order valence-corrected chi connectivity index (χ3v) is 4.25. The third kappa shape index (κ3) is 3.24. The number of hydrogen-bond donors (Lipinski definition) is 1. The summed E-state index contributed by atoms with van der Waals surface area (Å²) in [5, 5.41) is 6.83. The molecule has 0 radical (unpaired) electrons. The van der Waals surface area contributed by atoms with Gasteiger partial charge in [-0.15, -0.1) is 0 Å². The summed E-state index contributed by atoms with van der Waals surface area (Å²) in [6.45, 7) is 3.24. The number of nitrogens with one attached hydrogen (secondary N) is 1. The number of urea groups is 1. The first kappa shape index (κ1) is 14.1. The van der Waals surface area contributed by atoms with E-state index in [0.29, 0.717) is 12.6 Å². The first-order valence-electron chi connectivity index (χ1n) is 7.54. The van der Waals surface area contributed by atoms with Crippen molar-refractivity contribution in [3.8, 4) is 0 Å². The van der Waals surface area contributed by atoms with E-state index in [1.54, 1.807) is 6.20 Å². The van der Waals surface area contributed by atoms with Gasteiger partial charge in [-0.3, -0.25) is 19.3 Å². The van der Waals surface area contributed by atoms with Crippen LogP contribution < -0.4 is 5.32 Å². The zero-order valence-electron chi connectivity index (χ0n) is 12.1. The van der Waals surface area contributed by atoms with Crippen LogP contribution in [-0.2, 0) is 11.3 Å². The van der Waals surface area contributed by atoms with Gasteiger partial charge in [0.25, 0.3) is 0 Å². The highest BCUT2D eigenvalue weighted by Crippen LogP contribution is 2.18. The lowest BCUT2D eigenvalue weighted by Crippen LogP contribution is -2.46. The molecule has 3 rings (SSSR count). The fraction of sp³-hybridized carbons (Fsp3) is 0.643. The number of imide groups is 1. The van der Waals surface area contributed by atoms with Crippen LogP contribution in [0.4, 0.5) is 4.79 Å². The molecule has 1 aromatic rings. The van der Waals surface area contributed by atoms with E-state index in [2.05, 4.69) is 15.3 Å². The maximum atomic E-state index is 11.6. The van der Waals surface area contributed by atoms with Gasteiger partial charge in [-0.1, -0.05) is 6.42 Å². The Bertz CT molecular complexity index is 485. The van der Waals surface area contributed by atoms with Gasteiger partial charge in [0.15, 0.2) is 0 Å². The number of hydrogen-bond acceptors (Lipinski definition) is 4. The van der Waals surface area contributed by atoms with Gasteiger partial charge >= 0.3 is 6.03 Å². The molecule has 3 heterocycles. The van der Waals surface area contributed by atoms with Gasteiger partial charge in [-0.05, 0) is 25.5 Å². The lowest BCUT2D eigenvalue weighted by Gasteiger charge is -2.36. The topological polar surface area (TPSA) is 70.5 Å². The lowest BCUT2D eigenvalue weighted by atomic mass is 10.0. The second-order valence-corrected chi connectivity index (χ2v) is 5.62. The minimum absolute atomic E-state index is 0.124. The number of aromatic nitrogens is 2. The SMILES string of the molecule is O=C1CNC(=O)N1CCN1CCCC[C@H]1Cn1cccn1. The Hall–Kier alpha value is -1.89. The molecule has 0 spiro atoms. The quantitative estimate of drug-likeness (QED) is 0.792. The third-order valence-electron chi connectivity index (χ3n) is 4.25. The van der Waals surface area contributed by atoms with Gasteiger partial charge in [-0.25, -0.2) is 4.79 Å². The van der Waals surface area contributed by atoms with E-state index in [-0.39, 0.29) is 18.5 Å². The van der Waals surface area contributed by atoms with Crippen molar-refractivity contribution in [2.75, 3.05) is 26.2 Å². The van der Waals surface area contributed by atoms with Crippen LogP contribution in [0, 0.1) is 0 Å². The average molecular weight is 291 g/mol. The monoisotopic (exact) mass is 291 g/mol. The number of carbonyl (C=O) groups is 2. The largest absolute Gasteiger partial charge is 0.329 e. The van der Waals surface area contributed by atoms with Crippen LogP contribution in [0.2, 0.25) is 0 Å². The summed E-state index contributed by atoms with van der Waals surface area (Å²) in [5.41, 5.74) is 0. The molecule has 2 fully saturated rings. The second kappa shape index (κ2) is 6.26. The Kier molecular flexibility index (Phi) is 4.19. The van der Waals surface area contributed by atoms with Gasteiger partial charge < -0.3 is 5.32 Å². The normalized spacial score (nSPS) is 23.6. The van der Waals surface area contributed by atoms with E-state index < -0.39 is 0 Å². The standard InChI is InChI=1S/C14H21N5O2/c20-13-10-15-14(21)19(13)9-8-17-6-2-1-4-12(17)11-18-7-3-5-16-18/h3,5,7,12H,1-2,4,6,8-11H2,(H,15,21)/t12-/m0/s1. The Balaban J connectivity index is 1.56. The molecule has 21 heavy (non-hydrogen) atoms. The molecule has 3 amide bonds. The summed E-state index contributed by atoms with van der Waals surface area (Å²) >= 11 is 0. The molecule has 7 heteroatoms. The predicted molar refractivity (Wildman–Crippen MR) is 76.6 cm³/mol. The van der Waals surface area contributed by atoms with E-state index >= 15 is 0 Å². The van der Waals surface area contributed by atoms with Crippen molar-refractivity contribution in [1.82, 2.24) is 24.9 Å². The maximum absolute atomic E-state index is 11.6. The molecule has 1 aromatic heterocycles. The first-order valence-corrected chi connectivity index (χ1v) is 7.54. The Morgan fingerprint density at radius 1 is 1.29 bits per heavy atom. The van der Waals surface area contributed by atoms with Crippen LogP contribution in [0.25, 0.3) is 0 Å². The van der Waals surface area contributed by atoms with Crippen molar-refractivity contribution >= 4 is 11.9 Å². The van der Waals surface area contributed by atoms with Crippen molar-refractivity contribution in [1.29, 1.82) is 0 Å². The summed E-state index contributed by atoms with van der Waals surface area (Å²) in [6, 6.07) is 2.10. The fourth-order valence-electron chi connectivity index (χ4n) is 3.10. The fourth-order valence-corrected chi connectivity index (χ4v) is 3.10. The summed E-state index contributed by atoms with van der Waals surface area (Å²) < 4.78 is 1.96. The van der Waals surface area contributed by atoms with E-state index in [0.717, 1.165) is 26.1 Å². The minimum Gasteiger partial charge on any atom is -0.329 e. The summed E-state index contributed by atoms with van der Waals surface area (Å²) in [5.74, 6) is -0.124. The van der Waals surface area contributed by atoms with E-state index in [1.807, 2.05) is 16.9 Å². The maximum Gasteiger partial charge on any atom is 0.324 e. The zero-order valence-corrected chi connectivity index (χ0v) is 12.1. The molecule has 1 N–H and O–H groups in total. The van der Waals surface area contributed by atoms with Crippen LogP contribution in [0.15, 0.2) is 18.5 Å². The molecule has 0 saturated carbocycles. The van der Waals surface area contributed by atoms with Gasteiger partial charge in [-0.2, -0.15) is 5.10 Å². The highest BCUT2D eigenvalue weighted by Gasteiger charge is 2.30. The number of carbonyl (C=O) groups excluding carboxylic acids is 2. The molecular weight excluding hydrogens is 270 g/mol. The number of amides is 3. The molecule has 2 saturated heterocycles. The smallest absolute Gasteiger partial charge is 0.324 e. The summed E-state index contributed by atoms with van der Waals surface area (Å²) in [6.07, 6.45) is 7.31. The van der Waals surface area contributed by atoms with Crippen LogP contribution in [0.1, 0.15) is 19.3 Å². The molecular formula is C14H21N5O2. The molecule has 2 aliphatic rings. The number of nitrogens with zero attached hydrogens (tertiary/aromatic N) is 4. The zero-order chi connectivity index (χ0) is 14.7. The molecule has 0 unspecified atom stereocenters. The van der Waals surface area contributed by atoms with E-state index in [9.17, 15) is 9.59 Å². The van der Waals surface area contributed by atoms with Crippen molar-refractivity contribution in [2.45, 2.75) is 31.8 Å². The highest BCUT2D eigenvalue weighted by atomic mass is 16.2. The molecule has 0 aliphatic carbocycles. The number of piperidine rings is 1. The van der Waals surface area contributed by atoms with Crippen molar-refractivity contribution < 1.29 is 9.59 Å².